The number of amides is 1. The molecule has 0 aliphatic carbocycles. The minimum Gasteiger partial charge on any atom is -0.348 e. The minimum atomic E-state index is 0.0109. The highest BCUT2D eigenvalue weighted by molar-refractivity contribution is 5.92. The average molecular weight is 368 g/mol. The first-order valence-electron chi connectivity index (χ1n) is 9.96. The zero-order chi connectivity index (χ0) is 18.5. The third kappa shape index (κ3) is 4.54. The fraction of sp³-hybridized carbons (Fsp3) is 0.550. The van der Waals surface area contributed by atoms with Gasteiger partial charge in [0.15, 0.2) is 0 Å². The quantitative estimate of drug-likeness (QED) is 0.838. The second kappa shape index (κ2) is 8.63. The lowest BCUT2D eigenvalue weighted by atomic mass is 10.0. The van der Waals surface area contributed by atoms with Crippen LogP contribution in [-0.4, -0.2) is 57.8 Å². The van der Waals surface area contributed by atoms with Crippen LogP contribution in [0.1, 0.15) is 47.8 Å². The lowest BCUT2D eigenvalue weighted by Gasteiger charge is -2.32. The van der Waals surface area contributed by atoms with E-state index in [0.29, 0.717) is 11.7 Å². The molecular formula is C20H28N6O. The van der Waals surface area contributed by atoms with E-state index in [1.54, 1.807) is 12.4 Å². The minimum absolute atomic E-state index is 0.0109. The van der Waals surface area contributed by atoms with E-state index in [-0.39, 0.29) is 11.9 Å². The molecule has 2 N–H and O–H groups in total. The van der Waals surface area contributed by atoms with E-state index in [2.05, 4.69) is 31.7 Å². The van der Waals surface area contributed by atoms with Crippen molar-refractivity contribution >= 4 is 5.91 Å². The third-order valence-corrected chi connectivity index (χ3v) is 5.61. The molecule has 2 saturated heterocycles. The topological polar surface area (TPSA) is 75.1 Å². The largest absolute Gasteiger partial charge is 0.348 e. The molecule has 0 unspecified atom stereocenters. The summed E-state index contributed by atoms with van der Waals surface area (Å²) in [7, 11) is 0. The van der Waals surface area contributed by atoms with E-state index >= 15 is 0 Å². The lowest BCUT2D eigenvalue weighted by molar-refractivity contribution is 0.0893. The Morgan fingerprint density at radius 3 is 2.70 bits per heavy atom. The Morgan fingerprint density at radius 1 is 1.15 bits per heavy atom. The Hall–Kier alpha value is -2.25. The van der Waals surface area contributed by atoms with Gasteiger partial charge >= 0.3 is 0 Å². The maximum atomic E-state index is 12.8. The van der Waals surface area contributed by atoms with Crippen LogP contribution in [0.4, 0.5) is 0 Å². The number of pyridine rings is 1. The summed E-state index contributed by atoms with van der Waals surface area (Å²) >= 11 is 0. The van der Waals surface area contributed by atoms with E-state index in [4.69, 9.17) is 0 Å². The molecule has 2 aliphatic heterocycles. The second-order valence-electron chi connectivity index (χ2n) is 7.53. The molecule has 4 rings (SSSR count). The lowest BCUT2D eigenvalue weighted by Crippen LogP contribution is -2.45. The van der Waals surface area contributed by atoms with Gasteiger partial charge in [0.25, 0.3) is 5.91 Å². The van der Waals surface area contributed by atoms with Gasteiger partial charge in [0.2, 0.25) is 0 Å². The molecule has 0 atom stereocenters. The summed E-state index contributed by atoms with van der Waals surface area (Å²) < 4.78 is 1.92. The summed E-state index contributed by atoms with van der Waals surface area (Å²) in [6.45, 7) is 4.89. The summed E-state index contributed by atoms with van der Waals surface area (Å²) in [4.78, 5) is 19.4. The second-order valence-corrected chi connectivity index (χ2v) is 7.53. The standard InChI is InChI=1S/C20H28N6O/c27-20(19-5-11-23-26(19)18-3-9-21-10-4-18)24-17-6-12-25(13-7-17)15-16-2-1-8-22-14-16/h1-2,5,8,11,14,17-18,21H,3-4,6-7,9-10,12-13,15H2,(H,24,27). The highest BCUT2D eigenvalue weighted by Crippen LogP contribution is 2.20. The van der Waals surface area contributed by atoms with E-state index in [1.807, 2.05) is 23.0 Å². The molecule has 0 bridgehead atoms. The van der Waals surface area contributed by atoms with Gasteiger partial charge in [-0.15, -0.1) is 0 Å². The molecule has 4 heterocycles. The van der Waals surface area contributed by atoms with Crippen LogP contribution in [-0.2, 0) is 6.54 Å². The molecule has 1 amide bonds. The van der Waals surface area contributed by atoms with Crippen molar-refractivity contribution < 1.29 is 4.79 Å². The smallest absolute Gasteiger partial charge is 0.269 e. The van der Waals surface area contributed by atoms with Crippen LogP contribution in [0.2, 0.25) is 0 Å². The molecule has 2 fully saturated rings. The Kier molecular flexibility index (Phi) is 5.79. The SMILES string of the molecule is O=C(NC1CCN(Cc2cccnc2)CC1)c1ccnn1C1CCNCC1. The Bertz CT molecular complexity index is 732. The monoisotopic (exact) mass is 368 g/mol. The van der Waals surface area contributed by atoms with Gasteiger partial charge < -0.3 is 10.6 Å². The first-order valence-corrected chi connectivity index (χ1v) is 9.96. The maximum absolute atomic E-state index is 12.8. The van der Waals surface area contributed by atoms with E-state index in [0.717, 1.165) is 58.4 Å². The molecule has 27 heavy (non-hydrogen) atoms. The first-order chi connectivity index (χ1) is 13.3. The van der Waals surface area contributed by atoms with Crippen molar-refractivity contribution in [3.05, 3.63) is 48.0 Å². The molecule has 144 valence electrons. The molecular weight excluding hydrogens is 340 g/mol. The van der Waals surface area contributed by atoms with Gasteiger partial charge in [-0.2, -0.15) is 5.10 Å². The Balaban J connectivity index is 1.29. The maximum Gasteiger partial charge on any atom is 0.269 e. The van der Waals surface area contributed by atoms with E-state index < -0.39 is 0 Å². The van der Waals surface area contributed by atoms with Gasteiger partial charge in [-0.1, -0.05) is 6.07 Å². The number of nitrogens with one attached hydrogen (secondary N) is 2. The van der Waals surface area contributed by atoms with Crippen LogP contribution >= 0.6 is 0 Å². The number of carbonyl (C=O) groups is 1. The third-order valence-electron chi connectivity index (χ3n) is 5.61. The van der Waals surface area contributed by atoms with Gasteiger partial charge in [-0.05, 0) is 56.5 Å². The highest BCUT2D eigenvalue weighted by Gasteiger charge is 2.25. The molecule has 7 nitrogen and oxygen atoms in total. The van der Waals surface area contributed by atoms with Gasteiger partial charge in [-0.25, -0.2) is 0 Å². The van der Waals surface area contributed by atoms with Gasteiger partial charge in [0.1, 0.15) is 5.69 Å². The van der Waals surface area contributed by atoms with Crippen molar-refractivity contribution in [2.24, 2.45) is 0 Å². The molecule has 2 aromatic heterocycles. The molecule has 7 heteroatoms. The van der Waals surface area contributed by atoms with Gasteiger partial charge in [0.05, 0.1) is 6.04 Å². The van der Waals surface area contributed by atoms with Crippen LogP contribution in [0.3, 0.4) is 0 Å². The molecule has 0 saturated carbocycles. The Morgan fingerprint density at radius 2 is 1.96 bits per heavy atom. The molecule has 0 aromatic carbocycles. The Labute approximate surface area is 160 Å². The fourth-order valence-electron chi connectivity index (χ4n) is 4.08. The normalized spacial score (nSPS) is 19.9. The summed E-state index contributed by atoms with van der Waals surface area (Å²) in [6.07, 6.45) is 9.48. The number of nitrogens with zero attached hydrogens (tertiary/aromatic N) is 4. The van der Waals surface area contributed by atoms with Crippen LogP contribution in [0.5, 0.6) is 0 Å². The van der Waals surface area contributed by atoms with Crippen LogP contribution in [0.25, 0.3) is 0 Å². The number of hydrogen-bond donors (Lipinski definition) is 2. The van der Waals surface area contributed by atoms with Gasteiger partial charge in [-0.3, -0.25) is 19.4 Å². The molecule has 0 spiro atoms. The number of piperidine rings is 2. The van der Waals surface area contributed by atoms with Crippen molar-refractivity contribution in [2.75, 3.05) is 26.2 Å². The predicted octanol–water partition coefficient (Wildman–Crippen LogP) is 1.60. The van der Waals surface area contributed by atoms with E-state index in [1.165, 1.54) is 5.56 Å². The first kappa shape index (κ1) is 18.1. The number of carbonyl (C=O) groups excluding carboxylic acids is 1. The van der Waals surface area contributed by atoms with Crippen molar-refractivity contribution in [1.82, 2.24) is 30.3 Å². The molecule has 2 aromatic rings. The van der Waals surface area contributed by atoms with Crippen LogP contribution < -0.4 is 10.6 Å². The van der Waals surface area contributed by atoms with Crippen molar-refractivity contribution in [2.45, 2.75) is 44.3 Å². The fourth-order valence-corrected chi connectivity index (χ4v) is 4.08. The summed E-state index contributed by atoms with van der Waals surface area (Å²) in [5.74, 6) is 0.0109. The highest BCUT2D eigenvalue weighted by atomic mass is 16.2. The average Bonchev–Trinajstić information content (AvgIpc) is 3.21. The zero-order valence-corrected chi connectivity index (χ0v) is 15.7. The summed E-state index contributed by atoms with van der Waals surface area (Å²) in [5.41, 5.74) is 1.94. The van der Waals surface area contributed by atoms with E-state index in [9.17, 15) is 4.79 Å². The zero-order valence-electron chi connectivity index (χ0n) is 15.7. The summed E-state index contributed by atoms with van der Waals surface area (Å²) in [6, 6.07) is 6.49. The van der Waals surface area contributed by atoms with Crippen molar-refractivity contribution in [3.63, 3.8) is 0 Å². The predicted molar refractivity (Wildman–Crippen MR) is 103 cm³/mol. The van der Waals surface area contributed by atoms with Crippen molar-refractivity contribution in [1.29, 1.82) is 0 Å². The van der Waals surface area contributed by atoms with Gasteiger partial charge in [0, 0.05) is 44.3 Å². The van der Waals surface area contributed by atoms with Crippen LogP contribution in [0, 0.1) is 0 Å². The number of aromatic nitrogens is 3. The van der Waals surface area contributed by atoms with Crippen molar-refractivity contribution in [3.8, 4) is 0 Å². The number of likely N-dealkylation sites (tertiary alicyclic amines) is 1. The molecule has 0 radical (unpaired) electrons. The summed E-state index contributed by atoms with van der Waals surface area (Å²) in [5, 5.41) is 11.0. The number of rotatable bonds is 5. The molecule has 2 aliphatic rings. The number of hydrogen-bond acceptors (Lipinski definition) is 5. The van der Waals surface area contributed by atoms with Crippen LogP contribution in [0.15, 0.2) is 36.8 Å².